The van der Waals surface area contributed by atoms with Crippen molar-refractivity contribution in [3.05, 3.63) is 17.2 Å². The van der Waals surface area contributed by atoms with Gasteiger partial charge in [0.05, 0.1) is 5.69 Å². The zero-order valence-electron chi connectivity index (χ0n) is 10.3. The first kappa shape index (κ1) is 12.2. The fourth-order valence-electron chi connectivity index (χ4n) is 1.88. The van der Waals surface area contributed by atoms with Crippen molar-refractivity contribution in [1.29, 1.82) is 0 Å². The second-order valence-electron chi connectivity index (χ2n) is 4.53. The Balaban J connectivity index is 2.89. The summed E-state index contributed by atoms with van der Waals surface area (Å²) < 4.78 is 0. The lowest BCUT2D eigenvalue weighted by atomic mass is 9.95. The van der Waals surface area contributed by atoms with E-state index in [1.165, 1.54) is 11.4 Å². The minimum absolute atomic E-state index is 0.356. The molecule has 0 spiro atoms. The third-order valence-electron chi connectivity index (χ3n) is 2.90. The Kier molecular flexibility index (Phi) is 4.33. The quantitative estimate of drug-likeness (QED) is 0.782. The normalized spacial score (nSPS) is 13.5. The predicted molar refractivity (Wildman–Crippen MR) is 64.0 cm³/mol. The molecule has 1 aromatic rings. The van der Waals surface area contributed by atoms with Gasteiger partial charge in [0.15, 0.2) is 0 Å². The molecule has 1 heterocycles. The van der Waals surface area contributed by atoms with E-state index in [2.05, 4.69) is 37.7 Å². The van der Waals surface area contributed by atoms with Gasteiger partial charge in [-0.25, -0.2) is 4.98 Å². The maximum Gasteiger partial charge on any atom is 0.111 e. The van der Waals surface area contributed by atoms with Gasteiger partial charge >= 0.3 is 0 Å². The summed E-state index contributed by atoms with van der Waals surface area (Å²) in [4.78, 5) is 8.03. The molecule has 3 N–H and O–H groups in total. The number of aromatic nitrogens is 2. The van der Waals surface area contributed by atoms with Gasteiger partial charge in [-0.1, -0.05) is 27.2 Å². The number of aromatic amines is 1. The van der Waals surface area contributed by atoms with Crippen LogP contribution in [0.15, 0.2) is 0 Å². The van der Waals surface area contributed by atoms with E-state index < -0.39 is 0 Å². The number of hydrogen-bond donors (Lipinski definition) is 2. The summed E-state index contributed by atoms with van der Waals surface area (Å²) in [6.07, 6.45) is 2.19. The number of hydrogen-bond acceptors (Lipinski definition) is 2. The Morgan fingerprint density at radius 2 is 2.07 bits per heavy atom. The summed E-state index contributed by atoms with van der Waals surface area (Å²) in [5, 5.41) is 0. The van der Waals surface area contributed by atoms with E-state index in [9.17, 15) is 0 Å². The smallest absolute Gasteiger partial charge is 0.111 e. The molecule has 0 aliphatic rings. The molecule has 1 unspecified atom stereocenters. The third kappa shape index (κ3) is 2.81. The highest BCUT2D eigenvalue weighted by atomic mass is 14.9. The summed E-state index contributed by atoms with van der Waals surface area (Å²) in [6.45, 7) is 9.31. The Hall–Kier alpha value is -0.830. The van der Waals surface area contributed by atoms with Crippen molar-refractivity contribution in [2.24, 2.45) is 11.7 Å². The van der Waals surface area contributed by atoms with Gasteiger partial charge in [0.1, 0.15) is 5.82 Å². The minimum atomic E-state index is 0.356. The Labute approximate surface area is 92.5 Å². The van der Waals surface area contributed by atoms with Gasteiger partial charge in [0.2, 0.25) is 0 Å². The number of rotatable bonds is 5. The van der Waals surface area contributed by atoms with Crippen LogP contribution in [0.1, 0.15) is 50.3 Å². The minimum Gasteiger partial charge on any atom is -0.346 e. The molecule has 0 saturated carbocycles. The van der Waals surface area contributed by atoms with Gasteiger partial charge in [-0.15, -0.1) is 0 Å². The number of imidazole rings is 1. The lowest BCUT2D eigenvalue weighted by Gasteiger charge is -2.15. The van der Waals surface area contributed by atoms with Crippen molar-refractivity contribution in [1.82, 2.24) is 9.97 Å². The molecule has 0 aliphatic heterocycles. The molecule has 0 radical (unpaired) electrons. The number of aryl methyl sites for hydroxylation is 2. The van der Waals surface area contributed by atoms with E-state index in [0.29, 0.717) is 18.4 Å². The molecule has 1 atom stereocenters. The van der Waals surface area contributed by atoms with Gasteiger partial charge in [-0.3, -0.25) is 0 Å². The summed E-state index contributed by atoms with van der Waals surface area (Å²) in [5.74, 6) is 1.96. The lowest BCUT2D eigenvalue weighted by Crippen LogP contribution is -2.19. The van der Waals surface area contributed by atoms with E-state index in [-0.39, 0.29) is 0 Å². The zero-order valence-corrected chi connectivity index (χ0v) is 10.3. The van der Waals surface area contributed by atoms with Crippen LogP contribution in [0.25, 0.3) is 0 Å². The Morgan fingerprint density at radius 3 is 2.53 bits per heavy atom. The van der Waals surface area contributed by atoms with E-state index in [0.717, 1.165) is 18.7 Å². The predicted octanol–water partition coefficient (Wildman–Crippen LogP) is 2.37. The number of nitrogens with zero attached hydrogens (tertiary/aromatic N) is 1. The van der Waals surface area contributed by atoms with Crippen molar-refractivity contribution in [2.75, 3.05) is 6.54 Å². The van der Waals surface area contributed by atoms with E-state index in [4.69, 9.17) is 5.73 Å². The zero-order chi connectivity index (χ0) is 11.4. The number of nitrogens with two attached hydrogens (primary N) is 1. The van der Waals surface area contributed by atoms with E-state index in [1.807, 2.05) is 0 Å². The van der Waals surface area contributed by atoms with Gasteiger partial charge < -0.3 is 10.7 Å². The molecule has 86 valence electrons. The molecular weight excluding hydrogens is 186 g/mol. The fraction of sp³-hybridized carbons (Fsp3) is 0.750. The van der Waals surface area contributed by atoms with Crippen molar-refractivity contribution in [3.8, 4) is 0 Å². The maximum atomic E-state index is 5.78. The average Bonchev–Trinajstić information content (AvgIpc) is 2.49. The first-order valence-corrected chi connectivity index (χ1v) is 5.85. The van der Waals surface area contributed by atoms with Gasteiger partial charge in [-0.05, 0) is 19.3 Å². The largest absolute Gasteiger partial charge is 0.346 e. The molecule has 1 aromatic heterocycles. The van der Waals surface area contributed by atoms with Crippen LogP contribution in [0.4, 0.5) is 0 Å². The molecule has 0 aliphatic carbocycles. The highest BCUT2D eigenvalue weighted by Gasteiger charge is 2.18. The molecule has 0 aromatic carbocycles. The molecule has 0 fully saturated rings. The van der Waals surface area contributed by atoms with Crippen LogP contribution >= 0.6 is 0 Å². The van der Waals surface area contributed by atoms with Crippen LogP contribution in [-0.2, 0) is 6.42 Å². The van der Waals surface area contributed by atoms with Crippen molar-refractivity contribution >= 4 is 0 Å². The van der Waals surface area contributed by atoms with Crippen LogP contribution in [-0.4, -0.2) is 16.5 Å². The van der Waals surface area contributed by atoms with E-state index in [1.54, 1.807) is 0 Å². The fourth-order valence-corrected chi connectivity index (χ4v) is 1.88. The summed E-state index contributed by atoms with van der Waals surface area (Å²) in [7, 11) is 0. The van der Waals surface area contributed by atoms with Gasteiger partial charge in [0.25, 0.3) is 0 Å². The topological polar surface area (TPSA) is 54.7 Å². The first-order chi connectivity index (χ1) is 7.10. The van der Waals surface area contributed by atoms with Crippen molar-refractivity contribution in [3.63, 3.8) is 0 Å². The maximum absolute atomic E-state index is 5.78. The number of nitrogens with one attached hydrogen (secondary N) is 1. The summed E-state index contributed by atoms with van der Waals surface area (Å²) in [5.41, 5.74) is 8.18. The molecule has 3 nitrogen and oxygen atoms in total. The van der Waals surface area contributed by atoms with Crippen LogP contribution in [0.2, 0.25) is 0 Å². The second-order valence-corrected chi connectivity index (χ2v) is 4.53. The lowest BCUT2D eigenvalue weighted by molar-refractivity contribution is 0.486. The molecule has 0 bridgehead atoms. The number of H-pyrrole nitrogens is 1. The third-order valence-corrected chi connectivity index (χ3v) is 2.90. The standard InChI is InChI=1S/C12H23N3/c1-5-6-11-9(4)14-12(15-11)10(7-13)8(2)3/h8,10H,5-7,13H2,1-4H3,(H,14,15). The van der Waals surface area contributed by atoms with Gasteiger partial charge in [0, 0.05) is 18.2 Å². The van der Waals surface area contributed by atoms with Crippen LogP contribution in [0, 0.1) is 12.8 Å². The van der Waals surface area contributed by atoms with E-state index >= 15 is 0 Å². The Morgan fingerprint density at radius 1 is 1.40 bits per heavy atom. The van der Waals surface area contributed by atoms with Crippen LogP contribution in [0.3, 0.4) is 0 Å². The summed E-state index contributed by atoms with van der Waals surface area (Å²) in [6, 6.07) is 0. The highest BCUT2D eigenvalue weighted by Crippen LogP contribution is 2.22. The van der Waals surface area contributed by atoms with Gasteiger partial charge in [-0.2, -0.15) is 0 Å². The molecule has 1 rings (SSSR count). The molecular formula is C12H23N3. The molecule has 3 heteroatoms. The van der Waals surface area contributed by atoms with Crippen molar-refractivity contribution < 1.29 is 0 Å². The first-order valence-electron chi connectivity index (χ1n) is 5.85. The Bertz CT molecular complexity index is 302. The monoisotopic (exact) mass is 209 g/mol. The van der Waals surface area contributed by atoms with Crippen LogP contribution in [0.5, 0.6) is 0 Å². The molecule has 0 saturated heterocycles. The second kappa shape index (κ2) is 5.31. The SMILES string of the molecule is CCCc1nc(C(CN)C(C)C)[nH]c1C. The summed E-state index contributed by atoms with van der Waals surface area (Å²) >= 11 is 0. The molecule has 0 amide bonds. The highest BCUT2D eigenvalue weighted by molar-refractivity contribution is 5.16. The average molecular weight is 209 g/mol. The molecule has 15 heavy (non-hydrogen) atoms. The van der Waals surface area contributed by atoms with Crippen molar-refractivity contribution in [2.45, 2.75) is 46.5 Å². The van der Waals surface area contributed by atoms with Crippen LogP contribution < -0.4 is 5.73 Å².